The summed E-state index contributed by atoms with van der Waals surface area (Å²) in [6.07, 6.45) is -0.308. The van der Waals surface area contributed by atoms with E-state index in [0.29, 0.717) is 26.9 Å². The first-order valence-corrected chi connectivity index (χ1v) is 10.4. The van der Waals surface area contributed by atoms with Crippen LogP contribution in [0.25, 0.3) is 0 Å². The Morgan fingerprint density at radius 3 is 1.97 bits per heavy atom. The molecule has 0 aliphatic carbocycles. The molecular weight excluding hydrogens is 451 g/mol. The quantitative estimate of drug-likeness (QED) is 0.291. The van der Waals surface area contributed by atoms with Crippen LogP contribution in [0.3, 0.4) is 0 Å². The van der Waals surface area contributed by atoms with E-state index < -0.39 is 17.5 Å². The molecule has 3 aromatic carbocycles. The minimum atomic E-state index is -0.867. The van der Waals surface area contributed by atoms with Gasteiger partial charge in [-0.1, -0.05) is 35.3 Å². The van der Waals surface area contributed by atoms with E-state index in [4.69, 9.17) is 32.7 Å². The summed E-state index contributed by atoms with van der Waals surface area (Å²) in [5.41, 5.74) is 1.07. The average molecular weight is 471 g/mol. The minimum Gasteiger partial charge on any atom is -0.497 e. The summed E-state index contributed by atoms with van der Waals surface area (Å²) >= 11 is 11.9. The molecule has 0 fully saturated rings. The minimum absolute atomic E-state index is 0.104. The molecule has 3 rings (SSSR count). The molecule has 0 N–H and O–H groups in total. The zero-order valence-corrected chi connectivity index (χ0v) is 18.9. The monoisotopic (exact) mass is 470 g/mol. The third kappa shape index (κ3) is 5.36. The van der Waals surface area contributed by atoms with Crippen LogP contribution < -0.4 is 9.47 Å². The predicted octanol–water partition coefficient (Wildman–Crippen LogP) is 5.82. The number of carbonyl (C=O) groups is 3. The van der Waals surface area contributed by atoms with Crippen LogP contribution >= 0.6 is 23.2 Å². The highest BCUT2D eigenvalue weighted by Crippen LogP contribution is 2.30. The van der Waals surface area contributed by atoms with Gasteiger partial charge in [0.25, 0.3) is 0 Å². The summed E-state index contributed by atoms with van der Waals surface area (Å²) in [6, 6.07) is 17.6. The molecule has 164 valence electrons. The van der Waals surface area contributed by atoms with Gasteiger partial charge in [-0.25, -0.2) is 0 Å². The lowest BCUT2D eigenvalue weighted by Gasteiger charge is -2.16. The second-order valence-corrected chi connectivity index (χ2v) is 7.87. The fourth-order valence-electron chi connectivity index (χ4n) is 3.29. The average Bonchev–Trinajstić information content (AvgIpc) is 2.82. The Labute approximate surface area is 195 Å². The zero-order valence-electron chi connectivity index (χ0n) is 17.4. The summed E-state index contributed by atoms with van der Waals surface area (Å²) in [5.74, 6) is -1.92. The van der Waals surface area contributed by atoms with Crippen molar-refractivity contribution in [3.8, 4) is 11.5 Å². The number of ketones is 3. The molecule has 32 heavy (non-hydrogen) atoms. The maximum atomic E-state index is 13.3. The number of rotatable bonds is 9. The van der Waals surface area contributed by atoms with Gasteiger partial charge >= 0.3 is 0 Å². The van der Waals surface area contributed by atoms with Crippen molar-refractivity contribution in [2.45, 2.75) is 12.3 Å². The fraction of sp³-hybridized carbons (Fsp3) is 0.160. The number of hydrogen-bond acceptors (Lipinski definition) is 5. The van der Waals surface area contributed by atoms with Crippen molar-refractivity contribution >= 4 is 40.6 Å². The lowest BCUT2D eigenvalue weighted by Crippen LogP contribution is -2.22. The predicted molar refractivity (Wildman–Crippen MR) is 123 cm³/mol. The van der Waals surface area contributed by atoms with Gasteiger partial charge in [-0.15, -0.1) is 0 Å². The normalized spacial score (nSPS) is 11.5. The van der Waals surface area contributed by atoms with Crippen molar-refractivity contribution in [2.75, 3.05) is 14.2 Å². The second-order valence-electron chi connectivity index (χ2n) is 7.00. The third-order valence-corrected chi connectivity index (χ3v) is 5.52. The van der Waals surface area contributed by atoms with E-state index in [1.54, 1.807) is 54.6 Å². The molecule has 0 saturated heterocycles. The van der Waals surface area contributed by atoms with Crippen molar-refractivity contribution in [1.29, 1.82) is 0 Å². The number of Topliss-reactive ketones (excluding diaryl/α,β-unsaturated/α-hetero) is 3. The molecule has 0 bridgehead atoms. The SMILES string of the molecule is COc1ccc(C(=O)C(=O)CC(C(=O)c2ccc(Cl)cc2)c2ccc(Cl)cc2)c(OC)c1. The Hall–Kier alpha value is -3.15. The molecule has 0 saturated carbocycles. The van der Waals surface area contributed by atoms with E-state index in [2.05, 4.69) is 0 Å². The Balaban J connectivity index is 1.93. The highest BCUT2D eigenvalue weighted by Gasteiger charge is 2.29. The van der Waals surface area contributed by atoms with E-state index in [1.807, 2.05) is 0 Å². The molecule has 0 aliphatic heterocycles. The van der Waals surface area contributed by atoms with Crippen LogP contribution in [0.5, 0.6) is 11.5 Å². The van der Waals surface area contributed by atoms with Gasteiger partial charge in [0.1, 0.15) is 11.5 Å². The molecule has 1 atom stereocenters. The zero-order chi connectivity index (χ0) is 23.3. The summed E-state index contributed by atoms with van der Waals surface area (Å²) in [6.45, 7) is 0. The van der Waals surface area contributed by atoms with Crippen LogP contribution in [0, 0.1) is 0 Å². The summed E-state index contributed by atoms with van der Waals surface area (Å²) in [4.78, 5) is 39.2. The first-order chi connectivity index (χ1) is 15.3. The van der Waals surface area contributed by atoms with Crippen LogP contribution in [0.1, 0.15) is 38.6 Å². The van der Waals surface area contributed by atoms with Crippen molar-refractivity contribution < 1.29 is 23.9 Å². The largest absolute Gasteiger partial charge is 0.497 e. The summed E-state index contributed by atoms with van der Waals surface area (Å²) in [7, 11) is 2.89. The molecule has 0 aromatic heterocycles. The number of hydrogen-bond donors (Lipinski definition) is 0. The van der Waals surface area contributed by atoms with Crippen molar-refractivity contribution in [2.24, 2.45) is 0 Å². The van der Waals surface area contributed by atoms with Gasteiger partial charge in [0.2, 0.25) is 11.6 Å². The topological polar surface area (TPSA) is 69.7 Å². The summed E-state index contributed by atoms with van der Waals surface area (Å²) in [5, 5.41) is 0.985. The van der Waals surface area contributed by atoms with Crippen molar-refractivity contribution in [3.05, 3.63) is 93.5 Å². The second kappa shape index (κ2) is 10.4. The highest BCUT2D eigenvalue weighted by molar-refractivity contribution is 6.44. The van der Waals surface area contributed by atoms with Gasteiger partial charge in [-0.3, -0.25) is 14.4 Å². The van der Waals surface area contributed by atoms with Crippen molar-refractivity contribution in [1.82, 2.24) is 0 Å². The van der Waals surface area contributed by atoms with Gasteiger partial charge in [-0.05, 0) is 54.1 Å². The Bertz CT molecular complexity index is 1140. The summed E-state index contributed by atoms with van der Waals surface area (Å²) < 4.78 is 10.4. The molecular formula is C25H20Cl2O5. The van der Waals surface area contributed by atoms with Crippen LogP contribution in [-0.4, -0.2) is 31.6 Å². The molecule has 0 spiro atoms. The molecule has 3 aromatic rings. The molecule has 1 unspecified atom stereocenters. The van der Waals surface area contributed by atoms with E-state index in [1.165, 1.54) is 26.4 Å². The van der Waals surface area contributed by atoms with Crippen LogP contribution in [0.15, 0.2) is 66.7 Å². The fourth-order valence-corrected chi connectivity index (χ4v) is 3.54. The molecule has 0 heterocycles. The van der Waals surface area contributed by atoms with Gasteiger partial charge in [-0.2, -0.15) is 0 Å². The standard InChI is InChI=1S/C25H20Cl2O5/c1-31-19-11-12-20(23(13-19)32-2)25(30)22(28)14-21(15-3-7-17(26)8-4-15)24(29)16-5-9-18(27)10-6-16/h3-13,21H,14H2,1-2H3. The maximum absolute atomic E-state index is 13.3. The molecule has 0 radical (unpaired) electrons. The Morgan fingerprint density at radius 2 is 1.41 bits per heavy atom. The van der Waals surface area contributed by atoms with Crippen LogP contribution in [0.2, 0.25) is 10.0 Å². The lowest BCUT2D eigenvalue weighted by molar-refractivity contribution is -0.115. The number of halogens is 2. The van der Waals surface area contributed by atoms with E-state index >= 15 is 0 Å². The van der Waals surface area contributed by atoms with Crippen molar-refractivity contribution in [3.63, 3.8) is 0 Å². The Kier molecular flexibility index (Phi) is 7.67. The lowest BCUT2D eigenvalue weighted by atomic mass is 9.85. The molecule has 0 amide bonds. The smallest absolute Gasteiger partial charge is 0.232 e. The molecule has 0 aliphatic rings. The first-order valence-electron chi connectivity index (χ1n) is 9.69. The van der Waals surface area contributed by atoms with Gasteiger partial charge in [0.15, 0.2) is 5.78 Å². The number of ether oxygens (including phenoxy) is 2. The van der Waals surface area contributed by atoms with Gasteiger partial charge in [0, 0.05) is 28.1 Å². The number of benzene rings is 3. The van der Waals surface area contributed by atoms with E-state index in [-0.39, 0.29) is 23.5 Å². The molecule has 5 nitrogen and oxygen atoms in total. The van der Waals surface area contributed by atoms with Crippen LogP contribution in [-0.2, 0) is 4.79 Å². The third-order valence-electron chi connectivity index (χ3n) is 5.01. The first kappa shape index (κ1) is 23.5. The van der Waals surface area contributed by atoms with E-state index in [0.717, 1.165) is 0 Å². The van der Waals surface area contributed by atoms with Crippen LogP contribution in [0.4, 0.5) is 0 Å². The number of carbonyl (C=O) groups excluding carboxylic acids is 3. The van der Waals surface area contributed by atoms with Gasteiger partial charge < -0.3 is 9.47 Å². The molecule has 7 heteroatoms. The van der Waals surface area contributed by atoms with Gasteiger partial charge in [0.05, 0.1) is 25.7 Å². The highest BCUT2D eigenvalue weighted by atomic mass is 35.5. The number of methoxy groups -OCH3 is 2. The van der Waals surface area contributed by atoms with E-state index in [9.17, 15) is 14.4 Å². The maximum Gasteiger partial charge on any atom is 0.232 e. The Morgan fingerprint density at radius 1 is 0.812 bits per heavy atom.